The van der Waals surface area contributed by atoms with E-state index >= 15 is 0 Å². The Morgan fingerprint density at radius 1 is 1.33 bits per heavy atom. The Labute approximate surface area is 111 Å². The third-order valence-corrected chi connectivity index (χ3v) is 6.09. The summed E-state index contributed by atoms with van der Waals surface area (Å²) in [5, 5.41) is 10.7. The van der Waals surface area contributed by atoms with E-state index in [4.69, 9.17) is 0 Å². The summed E-state index contributed by atoms with van der Waals surface area (Å²) in [5.41, 5.74) is 0.363. The molecule has 3 rings (SSSR count). The molecule has 0 unspecified atom stereocenters. The lowest BCUT2D eigenvalue weighted by Crippen LogP contribution is -2.42. The van der Waals surface area contributed by atoms with Gasteiger partial charge < -0.3 is 5.11 Å². The minimum atomic E-state index is -0.654. The minimum Gasteiger partial charge on any atom is -0.481 e. The Bertz CT molecular complexity index is 470. The van der Waals surface area contributed by atoms with E-state index in [0.29, 0.717) is 5.92 Å². The van der Waals surface area contributed by atoms with Crippen molar-refractivity contribution in [1.82, 2.24) is 4.98 Å². The van der Waals surface area contributed by atoms with E-state index in [1.165, 1.54) is 30.7 Å². The summed E-state index contributed by atoms with van der Waals surface area (Å²) in [6.07, 6.45) is 7.65. The number of carboxylic acids is 1. The highest BCUT2D eigenvalue weighted by atomic mass is 32.1. The quantitative estimate of drug-likeness (QED) is 0.908. The van der Waals surface area contributed by atoms with E-state index in [-0.39, 0.29) is 0 Å². The highest BCUT2D eigenvalue weighted by molar-refractivity contribution is 7.12. The van der Waals surface area contributed by atoms with Gasteiger partial charge in [-0.1, -0.05) is 19.3 Å². The van der Waals surface area contributed by atoms with Gasteiger partial charge in [-0.3, -0.25) is 4.79 Å². The molecule has 4 heteroatoms. The van der Waals surface area contributed by atoms with Crippen LogP contribution in [0.1, 0.15) is 66.4 Å². The van der Waals surface area contributed by atoms with Gasteiger partial charge in [-0.15, -0.1) is 11.3 Å². The Morgan fingerprint density at radius 3 is 2.50 bits per heavy atom. The molecular formula is C14H19NO2S. The summed E-state index contributed by atoms with van der Waals surface area (Å²) >= 11 is 1.68. The molecule has 1 N–H and O–H groups in total. The first-order valence-corrected chi connectivity index (χ1v) is 7.66. The Morgan fingerprint density at radius 2 is 2.00 bits per heavy atom. The van der Waals surface area contributed by atoms with Crippen molar-refractivity contribution in [3.63, 3.8) is 0 Å². The Kier molecular flexibility index (Phi) is 2.93. The topological polar surface area (TPSA) is 50.2 Å². The van der Waals surface area contributed by atoms with E-state index in [9.17, 15) is 9.90 Å². The van der Waals surface area contributed by atoms with Crippen LogP contribution in [0, 0.1) is 6.92 Å². The molecular weight excluding hydrogens is 246 g/mol. The standard InChI is InChI=1S/C14H19NO2S/c1-9-11(14(13(16)17)7-4-8-14)18-12(15-9)10-5-2-3-6-10/h10H,2-8H2,1H3,(H,16,17). The molecule has 0 aromatic carbocycles. The summed E-state index contributed by atoms with van der Waals surface area (Å²) in [4.78, 5) is 17.3. The molecule has 0 radical (unpaired) electrons. The molecule has 0 bridgehead atoms. The molecule has 3 nitrogen and oxygen atoms in total. The number of hydrogen-bond acceptors (Lipinski definition) is 3. The predicted molar refractivity (Wildman–Crippen MR) is 71.2 cm³/mol. The van der Waals surface area contributed by atoms with Crippen LogP contribution in [0.25, 0.3) is 0 Å². The first kappa shape index (κ1) is 12.2. The minimum absolute atomic E-state index is 0.591. The smallest absolute Gasteiger partial charge is 0.315 e. The molecule has 1 aromatic heterocycles. The fraction of sp³-hybridized carbons (Fsp3) is 0.714. The van der Waals surface area contributed by atoms with Crippen LogP contribution in [0.3, 0.4) is 0 Å². The molecule has 2 fully saturated rings. The number of aromatic nitrogens is 1. The van der Waals surface area contributed by atoms with Gasteiger partial charge in [-0.2, -0.15) is 0 Å². The zero-order chi connectivity index (χ0) is 12.8. The van der Waals surface area contributed by atoms with E-state index in [0.717, 1.165) is 29.8 Å². The monoisotopic (exact) mass is 265 g/mol. The second-order valence-electron chi connectivity index (χ2n) is 5.69. The van der Waals surface area contributed by atoms with Gasteiger partial charge in [0, 0.05) is 10.8 Å². The van der Waals surface area contributed by atoms with Gasteiger partial charge in [-0.25, -0.2) is 4.98 Å². The highest BCUT2D eigenvalue weighted by Crippen LogP contribution is 2.49. The van der Waals surface area contributed by atoms with Crippen molar-refractivity contribution in [3.05, 3.63) is 15.6 Å². The number of carbonyl (C=O) groups is 1. The van der Waals surface area contributed by atoms with Crippen LogP contribution in [-0.2, 0) is 10.2 Å². The van der Waals surface area contributed by atoms with Gasteiger partial charge in [-0.05, 0) is 32.6 Å². The summed E-state index contributed by atoms with van der Waals surface area (Å²) in [7, 11) is 0. The lowest BCUT2D eigenvalue weighted by atomic mass is 9.67. The summed E-state index contributed by atoms with van der Waals surface area (Å²) in [6.45, 7) is 1.98. The van der Waals surface area contributed by atoms with E-state index < -0.39 is 11.4 Å². The van der Waals surface area contributed by atoms with E-state index in [2.05, 4.69) is 4.98 Å². The van der Waals surface area contributed by atoms with Gasteiger partial charge in [0.15, 0.2) is 0 Å². The average Bonchev–Trinajstić information content (AvgIpc) is 2.86. The van der Waals surface area contributed by atoms with Crippen LogP contribution < -0.4 is 0 Å². The maximum Gasteiger partial charge on any atom is 0.315 e. The highest BCUT2D eigenvalue weighted by Gasteiger charge is 2.48. The molecule has 98 valence electrons. The second kappa shape index (κ2) is 4.34. The molecule has 2 aliphatic rings. The summed E-state index contributed by atoms with van der Waals surface area (Å²) in [6, 6.07) is 0. The SMILES string of the molecule is Cc1nc(C2CCCC2)sc1C1(C(=O)O)CCC1. The fourth-order valence-corrected chi connectivity index (χ4v) is 4.75. The summed E-state index contributed by atoms with van der Waals surface area (Å²) in [5.74, 6) is -0.0631. The number of rotatable bonds is 3. The first-order chi connectivity index (χ1) is 8.63. The van der Waals surface area contributed by atoms with Gasteiger partial charge >= 0.3 is 5.97 Å². The van der Waals surface area contributed by atoms with Gasteiger partial charge in [0.05, 0.1) is 10.7 Å². The molecule has 1 heterocycles. The van der Waals surface area contributed by atoms with E-state index in [1.54, 1.807) is 11.3 Å². The number of thiazole rings is 1. The van der Waals surface area contributed by atoms with Crippen LogP contribution in [-0.4, -0.2) is 16.1 Å². The molecule has 2 aliphatic carbocycles. The Hall–Kier alpha value is -0.900. The number of hydrogen-bond donors (Lipinski definition) is 1. The number of aryl methyl sites for hydroxylation is 1. The van der Waals surface area contributed by atoms with Crippen LogP contribution in [0.4, 0.5) is 0 Å². The molecule has 0 atom stereocenters. The zero-order valence-electron chi connectivity index (χ0n) is 10.7. The number of nitrogens with zero attached hydrogens (tertiary/aromatic N) is 1. The maximum absolute atomic E-state index is 11.6. The number of carboxylic acid groups (broad SMARTS) is 1. The summed E-state index contributed by atoms with van der Waals surface area (Å²) < 4.78 is 0. The van der Waals surface area contributed by atoms with Crippen molar-refractivity contribution in [3.8, 4) is 0 Å². The second-order valence-corrected chi connectivity index (χ2v) is 6.72. The van der Waals surface area contributed by atoms with Crippen LogP contribution >= 0.6 is 11.3 Å². The average molecular weight is 265 g/mol. The maximum atomic E-state index is 11.6. The van der Waals surface area contributed by atoms with Gasteiger partial charge in [0.1, 0.15) is 5.41 Å². The van der Waals surface area contributed by atoms with Gasteiger partial charge in [0.2, 0.25) is 0 Å². The number of aliphatic carboxylic acids is 1. The van der Waals surface area contributed by atoms with E-state index in [1.807, 2.05) is 6.92 Å². The van der Waals surface area contributed by atoms with Crippen molar-refractivity contribution >= 4 is 17.3 Å². The molecule has 0 amide bonds. The predicted octanol–water partition coefficient (Wildman–Crippen LogP) is 3.62. The largest absolute Gasteiger partial charge is 0.481 e. The lowest BCUT2D eigenvalue weighted by molar-refractivity contribution is -0.147. The zero-order valence-corrected chi connectivity index (χ0v) is 11.6. The van der Waals surface area contributed by atoms with Crippen molar-refractivity contribution < 1.29 is 9.90 Å². The normalized spacial score (nSPS) is 22.9. The third-order valence-electron chi connectivity index (χ3n) is 4.57. The van der Waals surface area contributed by atoms with Crippen molar-refractivity contribution in [1.29, 1.82) is 0 Å². The van der Waals surface area contributed by atoms with Crippen molar-refractivity contribution in [2.24, 2.45) is 0 Å². The fourth-order valence-electron chi connectivity index (χ4n) is 3.28. The molecule has 18 heavy (non-hydrogen) atoms. The van der Waals surface area contributed by atoms with Crippen molar-refractivity contribution in [2.45, 2.75) is 63.2 Å². The Balaban J connectivity index is 1.94. The first-order valence-electron chi connectivity index (χ1n) is 6.85. The lowest BCUT2D eigenvalue weighted by Gasteiger charge is -2.37. The van der Waals surface area contributed by atoms with Crippen LogP contribution in [0.15, 0.2) is 0 Å². The molecule has 0 spiro atoms. The van der Waals surface area contributed by atoms with Gasteiger partial charge in [0.25, 0.3) is 0 Å². The molecule has 1 aromatic rings. The van der Waals surface area contributed by atoms with Crippen LogP contribution in [0.5, 0.6) is 0 Å². The molecule has 2 saturated carbocycles. The molecule has 0 saturated heterocycles. The van der Waals surface area contributed by atoms with Crippen LogP contribution in [0.2, 0.25) is 0 Å². The molecule has 0 aliphatic heterocycles. The third kappa shape index (κ3) is 1.69. The van der Waals surface area contributed by atoms with Crippen molar-refractivity contribution in [2.75, 3.05) is 0 Å².